The van der Waals surface area contributed by atoms with Crippen molar-refractivity contribution in [1.29, 1.82) is 0 Å². The van der Waals surface area contributed by atoms with E-state index in [4.69, 9.17) is 0 Å². The predicted octanol–water partition coefficient (Wildman–Crippen LogP) is 1.66. The van der Waals surface area contributed by atoms with Crippen LogP contribution in [0.3, 0.4) is 0 Å². The normalized spacial score (nSPS) is 15.7. The molecule has 2 aromatic rings. The molecule has 1 aliphatic rings. The molecule has 1 heterocycles. The Morgan fingerprint density at radius 2 is 1.46 bits per heavy atom. The molecule has 0 N–H and O–H groups in total. The topological polar surface area (TPSA) is 60.9 Å². The minimum Gasteiger partial charge on any atom is -0.339 e. The summed E-state index contributed by atoms with van der Waals surface area (Å²) in [4.78, 5) is 16.8. The van der Waals surface area contributed by atoms with Crippen LogP contribution in [0.1, 0.15) is 0 Å². The van der Waals surface area contributed by atoms with Crippen LogP contribution in [0.5, 0.6) is 0 Å². The van der Waals surface area contributed by atoms with Crippen LogP contribution in [0.25, 0.3) is 0 Å². The van der Waals surface area contributed by atoms with Crippen molar-refractivity contribution in [3.8, 4) is 0 Å². The van der Waals surface area contributed by atoms with Crippen LogP contribution in [0.4, 0.5) is 5.69 Å². The summed E-state index contributed by atoms with van der Waals surface area (Å²) in [6, 6.07) is 17.0. The second-order valence-electron chi connectivity index (χ2n) is 6.34. The number of nitrogens with zero attached hydrogens (tertiary/aromatic N) is 3. The standard InChI is InChI=1S/C19H23N3O3S/c1-20-12-14-21(15-13-20)19(23)16-22(17-8-4-2-5-9-17)26(24,25)18-10-6-3-7-11-18/h2-11H,12-16H2,1H3. The number of rotatable bonds is 5. The van der Waals surface area contributed by atoms with Gasteiger partial charge in [-0.25, -0.2) is 8.42 Å². The van der Waals surface area contributed by atoms with E-state index in [1.807, 2.05) is 13.1 Å². The lowest BCUT2D eigenvalue weighted by Crippen LogP contribution is -2.50. The number of hydrogen-bond donors (Lipinski definition) is 0. The van der Waals surface area contributed by atoms with Gasteiger partial charge in [-0.15, -0.1) is 0 Å². The lowest BCUT2D eigenvalue weighted by molar-refractivity contribution is -0.131. The molecule has 3 rings (SSSR count). The van der Waals surface area contributed by atoms with Crippen LogP contribution in [0, 0.1) is 0 Å². The Hall–Kier alpha value is -2.38. The largest absolute Gasteiger partial charge is 0.339 e. The number of sulfonamides is 1. The van der Waals surface area contributed by atoms with Gasteiger partial charge in [0.1, 0.15) is 6.54 Å². The number of hydrogen-bond acceptors (Lipinski definition) is 4. The molecular formula is C19H23N3O3S. The maximum Gasteiger partial charge on any atom is 0.264 e. The first-order valence-corrected chi connectivity index (χ1v) is 10.0. The molecule has 0 bridgehead atoms. The smallest absolute Gasteiger partial charge is 0.264 e. The Labute approximate surface area is 154 Å². The second kappa shape index (κ2) is 7.88. The van der Waals surface area contributed by atoms with Gasteiger partial charge in [0, 0.05) is 26.2 Å². The summed E-state index contributed by atoms with van der Waals surface area (Å²) in [6.07, 6.45) is 0. The van der Waals surface area contributed by atoms with Crippen LogP contribution in [0.2, 0.25) is 0 Å². The Morgan fingerprint density at radius 1 is 0.923 bits per heavy atom. The lowest BCUT2D eigenvalue weighted by Gasteiger charge is -2.34. The van der Waals surface area contributed by atoms with Crippen molar-refractivity contribution in [1.82, 2.24) is 9.80 Å². The van der Waals surface area contributed by atoms with Gasteiger partial charge in [-0.1, -0.05) is 36.4 Å². The zero-order valence-corrected chi connectivity index (χ0v) is 15.6. The fourth-order valence-electron chi connectivity index (χ4n) is 2.91. The molecule has 0 unspecified atom stereocenters. The zero-order chi connectivity index (χ0) is 18.6. The number of amides is 1. The van der Waals surface area contributed by atoms with Crippen molar-refractivity contribution >= 4 is 21.6 Å². The molecule has 0 radical (unpaired) electrons. The van der Waals surface area contributed by atoms with Gasteiger partial charge >= 0.3 is 0 Å². The maximum absolute atomic E-state index is 13.2. The van der Waals surface area contributed by atoms with Crippen molar-refractivity contribution in [2.24, 2.45) is 0 Å². The Morgan fingerprint density at radius 3 is 2.04 bits per heavy atom. The number of carbonyl (C=O) groups excluding carboxylic acids is 1. The van der Waals surface area contributed by atoms with Gasteiger partial charge in [0.15, 0.2) is 0 Å². The zero-order valence-electron chi connectivity index (χ0n) is 14.8. The van der Waals surface area contributed by atoms with E-state index in [1.54, 1.807) is 59.5 Å². The molecule has 1 amide bonds. The lowest BCUT2D eigenvalue weighted by atomic mass is 10.3. The van der Waals surface area contributed by atoms with Gasteiger partial charge in [-0.2, -0.15) is 0 Å². The van der Waals surface area contributed by atoms with Crippen LogP contribution < -0.4 is 4.31 Å². The summed E-state index contributed by atoms with van der Waals surface area (Å²) in [5.41, 5.74) is 0.485. The monoisotopic (exact) mass is 373 g/mol. The summed E-state index contributed by atoms with van der Waals surface area (Å²) in [7, 11) is -1.81. The summed E-state index contributed by atoms with van der Waals surface area (Å²) in [6.45, 7) is 2.61. The van der Waals surface area contributed by atoms with E-state index in [9.17, 15) is 13.2 Å². The summed E-state index contributed by atoms with van der Waals surface area (Å²) >= 11 is 0. The number of anilines is 1. The van der Waals surface area contributed by atoms with E-state index in [1.165, 1.54) is 4.31 Å². The van der Waals surface area contributed by atoms with E-state index in [-0.39, 0.29) is 17.3 Å². The van der Waals surface area contributed by atoms with E-state index in [0.717, 1.165) is 13.1 Å². The fourth-order valence-corrected chi connectivity index (χ4v) is 4.34. The molecule has 0 atom stereocenters. The van der Waals surface area contributed by atoms with E-state index in [0.29, 0.717) is 18.8 Å². The van der Waals surface area contributed by atoms with E-state index < -0.39 is 10.0 Å². The molecule has 138 valence electrons. The summed E-state index contributed by atoms with van der Waals surface area (Å²) in [5, 5.41) is 0. The van der Waals surface area contributed by atoms with Crippen LogP contribution in [-0.4, -0.2) is 63.9 Å². The van der Waals surface area contributed by atoms with Crippen molar-refractivity contribution in [2.45, 2.75) is 4.90 Å². The number of piperazine rings is 1. The average molecular weight is 373 g/mol. The van der Waals surface area contributed by atoms with Gasteiger partial charge in [-0.3, -0.25) is 9.10 Å². The first kappa shape index (κ1) is 18.4. The number of benzene rings is 2. The van der Waals surface area contributed by atoms with Crippen molar-refractivity contribution in [3.05, 3.63) is 60.7 Å². The molecular weight excluding hydrogens is 350 g/mol. The van der Waals surface area contributed by atoms with Gasteiger partial charge in [-0.05, 0) is 31.3 Å². The molecule has 1 saturated heterocycles. The molecule has 1 fully saturated rings. The number of likely N-dealkylation sites (N-methyl/N-ethyl adjacent to an activating group) is 1. The predicted molar refractivity (Wildman–Crippen MR) is 101 cm³/mol. The highest BCUT2D eigenvalue weighted by Crippen LogP contribution is 2.23. The Kier molecular flexibility index (Phi) is 5.58. The Bertz CT molecular complexity index is 833. The van der Waals surface area contributed by atoms with Crippen LogP contribution in [-0.2, 0) is 14.8 Å². The van der Waals surface area contributed by atoms with Crippen molar-refractivity contribution in [2.75, 3.05) is 44.1 Å². The highest BCUT2D eigenvalue weighted by atomic mass is 32.2. The molecule has 7 heteroatoms. The Balaban J connectivity index is 1.89. The highest BCUT2D eigenvalue weighted by Gasteiger charge is 2.29. The van der Waals surface area contributed by atoms with Gasteiger partial charge in [0.25, 0.3) is 10.0 Å². The molecule has 6 nitrogen and oxygen atoms in total. The summed E-state index contributed by atoms with van der Waals surface area (Å²) < 4.78 is 27.5. The SMILES string of the molecule is CN1CCN(C(=O)CN(c2ccccc2)S(=O)(=O)c2ccccc2)CC1. The quantitative estimate of drug-likeness (QED) is 0.800. The van der Waals surface area contributed by atoms with Gasteiger partial charge in [0.2, 0.25) is 5.91 Å². The van der Waals surface area contributed by atoms with Crippen LogP contribution >= 0.6 is 0 Å². The molecule has 0 aromatic heterocycles. The third-order valence-electron chi connectivity index (χ3n) is 4.51. The minimum absolute atomic E-state index is 0.176. The second-order valence-corrected chi connectivity index (χ2v) is 8.21. The maximum atomic E-state index is 13.2. The van der Waals surface area contributed by atoms with Gasteiger partial charge < -0.3 is 9.80 Å². The molecule has 0 aliphatic carbocycles. The highest BCUT2D eigenvalue weighted by molar-refractivity contribution is 7.92. The van der Waals surface area contributed by atoms with E-state index in [2.05, 4.69) is 4.90 Å². The third kappa shape index (κ3) is 4.05. The minimum atomic E-state index is -3.82. The first-order chi connectivity index (χ1) is 12.5. The third-order valence-corrected chi connectivity index (χ3v) is 6.30. The van der Waals surface area contributed by atoms with Crippen LogP contribution in [0.15, 0.2) is 65.6 Å². The number of carbonyl (C=O) groups is 1. The average Bonchev–Trinajstić information content (AvgIpc) is 2.67. The van der Waals surface area contributed by atoms with Gasteiger partial charge in [0.05, 0.1) is 10.6 Å². The fraction of sp³-hybridized carbons (Fsp3) is 0.316. The molecule has 2 aromatic carbocycles. The van der Waals surface area contributed by atoms with E-state index >= 15 is 0 Å². The number of para-hydroxylation sites is 1. The first-order valence-electron chi connectivity index (χ1n) is 8.57. The molecule has 0 spiro atoms. The molecule has 1 aliphatic heterocycles. The molecule has 0 saturated carbocycles. The summed E-state index contributed by atoms with van der Waals surface area (Å²) in [5.74, 6) is -0.179. The van der Waals surface area contributed by atoms with Crippen molar-refractivity contribution in [3.63, 3.8) is 0 Å². The molecule has 26 heavy (non-hydrogen) atoms. The van der Waals surface area contributed by atoms with Crippen molar-refractivity contribution < 1.29 is 13.2 Å².